The van der Waals surface area contributed by atoms with Gasteiger partial charge in [-0.05, 0) is 12.1 Å². The number of hydrogen-bond acceptors (Lipinski definition) is 5. The lowest BCUT2D eigenvalue weighted by Crippen LogP contribution is -1.97. The van der Waals surface area contributed by atoms with Gasteiger partial charge in [-0.25, -0.2) is 9.37 Å². The van der Waals surface area contributed by atoms with Crippen LogP contribution in [0.3, 0.4) is 0 Å². The van der Waals surface area contributed by atoms with Gasteiger partial charge in [-0.3, -0.25) is 4.79 Å². The van der Waals surface area contributed by atoms with Crippen LogP contribution in [0.5, 0.6) is 0 Å². The summed E-state index contributed by atoms with van der Waals surface area (Å²) in [6.07, 6.45) is 1.12. The van der Waals surface area contributed by atoms with E-state index in [1.807, 2.05) is 0 Å². The molecule has 0 unspecified atom stereocenters. The predicted octanol–water partition coefficient (Wildman–Crippen LogP) is 1.29. The first-order valence-electron chi connectivity index (χ1n) is 4.81. The fraction of sp³-hybridized carbons (Fsp3) is 0.200. The van der Waals surface area contributed by atoms with Gasteiger partial charge in [0, 0.05) is 6.42 Å². The first kappa shape index (κ1) is 11.2. The van der Waals surface area contributed by atoms with Crippen LogP contribution < -0.4 is 0 Å². The second-order valence-electron chi connectivity index (χ2n) is 3.27. The first-order chi connectivity index (χ1) is 8.15. The van der Waals surface area contributed by atoms with Gasteiger partial charge >= 0.3 is 5.97 Å². The van der Waals surface area contributed by atoms with Gasteiger partial charge in [-0.2, -0.15) is 4.98 Å². The number of carboxylic acid groups (broad SMARTS) is 1. The predicted molar refractivity (Wildman–Crippen MR) is 53.4 cm³/mol. The summed E-state index contributed by atoms with van der Waals surface area (Å²) in [6, 6.07) is 2.65. The number of nitrogens with zero attached hydrogens (tertiary/aromatic N) is 3. The van der Waals surface area contributed by atoms with E-state index >= 15 is 0 Å². The molecule has 0 saturated carbocycles. The van der Waals surface area contributed by atoms with Crippen LogP contribution >= 0.6 is 0 Å². The smallest absolute Gasteiger partial charge is 0.303 e. The van der Waals surface area contributed by atoms with Gasteiger partial charge in [0.25, 0.3) is 0 Å². The second-order valence-corrected chi connectivity index (χ2v) is 3.27. The molecule has 0 aliphatic carbocycles. The Bertz CT molecular complexity index is 524. The van der Waals surface area contributed by atoms with Crippen LogP contribution in [0.1, 0.15) is 12.3 Å². The number of aromatic nitrogens is 3. The number of carbonyl (C=O) groups is 1. The highest BCUT2D eigenvalue weighted by Crippen LogP contribution is 2.13. The number of pyridine rings is 1. The molecule has 0 saturated heterocycles. The molecule has 2 heterocycles. The number of aliphatic carboxylic acids is 1. The maximum Gasteiger partial charge on any atom is 0.303 e. The van der Waals surface area contributed by atoms with Crippen LogP contribution in [0, 0.1) is 5.82 Å². The Morgan fingerprint density at radius 1 is 1.47 bits per heavy atom. The van der Waals surface area contributed by atoms with Crippen molar-refractivity contribution in [3.8, 4) is 11.5 Å². The summed E-state index contributed by atoms with van der Waals surface area (Å²) in [5.41, 5.74) is 0.372. The zero-order valence-electron chi connectivity index (χ0n) is 8.63. The van der Waals surface area contributed by atoms with Crippen LogP contribution in [-0.2, 0) is 11.2 Å². The molecule has 2 rings (SSSR count). The average Bonchev–Trinajstić information content (AvgIpc) is 2.76. The van der Waals surface area contributed by atoms with Crippen molar-refractivity contribution in [3.05, 3.63) is 30.0 Å². The third-order valence-electron chi connectivity index (χ3n) is 1.98. The number of aryl methyl sites for hydroxylation is 1. The first-order valence-corrected chi connectivity index (χ1v) is 4.81. The molecule has 7 heteroatoms. The number of rotatable bonds is 4. The van der Waals surface area contributed by atoms with Gasteiger partial charge in [0.05, 0.1) is 12.6 Å². The van der Waals surface area contributed by atoms with Crippen LogP contribution in [0.25, 0.3) is 11.5 Å². The van der Waals surface area contributed by atoms with Crippen LogP contribution in [0.2, 0.25) is 0 Å². The topological polar surface area (TPSA) is 89.1 Å². The fourth-order valence-electron chi connectivity index (χ4n) is 1.18. The van der Waals surface area contributed by atoms with Gasteiger partial charge in [-0.15, -0.1) is 0 Å². The van der Waals surface area contributed by atoms with Crippen molar-refractivity contribution in [3.63, 3.8) is 0 Å². The Kier molecular flexibility index (Phi) is 3.08. The van der Waals surface area contributed by atoms with Gasteiger partial charge < -0.3 is 9.63 Å². The lowest BCUT2D eigenvalue weighted by atomic mass is 10.3. The molecule has 6 nitrogen and oxygen atoms in total. The third kappa shape index (κ3) is 2.83. The number of halogens is 1. The largest absolute Gasteiger partial charge is 0.481 e. The minimum absolute atomic E-state index is 0.0848. The van der Waals surface area contributed by atoms with E-state index in [0.29, 0.717) is 5.69 Å². The van der Waals surface area contributed by atoms with Gasteiger partial charge in [0.15, 0.2) is 0 Å². The molecule has 0 radical (unpaired) electrons. The minimum Gasteiger partial charge on any atom is -0.481 e. The molecule has 88 valence electrons. The van der Waals surface area contributed by atoms with E-state index in [1.165, 1.54) is 12.1 Å². The molecule has 0 amide bonds. The molecule has 2 aromatic rings. The van der Waals surface area contributed by atoms with Crippen LogP contribution in [0.4, 0.5) is 4.39 Å². The molecule has 0 aromatic carbocycles. The van der Waals surface area contributed by atoms with E-state index in [0.717, 1.165) is 6.20 Å². The van der Waals surface area contributed by atoms with E-state index in [-0.39, 0.29) is 24.6 Å². The molecular formula is C10H8FN3O3. The van der Waals surface area contributed by atoms with Gasteiger partial charge in [0.1, 0.15) is 11.5 Å². The molecule has 0 aliphatic rings. The molecule has 0 atom stereocenters. The van der Waals surface area contributed by atoms with Gasteiger partial charge in [-0.1, -0.05) is 5.16 Å². The van der Waals surface area contributed by atoms with Crippen molar-refractivity contribution >= 4 is 5.97 Å². The SMILES string of the molecule is O=C(O)CCc1nc(-c2ccc(F)cn2)no1. The highest BCUT2D eigenvalue weighted by atomic mass is 19.1. The minimum atomic E-state index is -0.940. The van der Waals surface area contributed by atoms with Crippen molar-refractivity contribution in [1.29, 1.82) is 0 Å². The monoisotopic (exact) mass is 237 g/mol. The van der Waals surface area contributed by atoms with Crippen molar-refractivity contribution in [2.75, 3.05) is 0 Å². The van der Waals surface area contributed by atoms with Crippen molar-refractivity contribution < 1.29 is 18.8 Å². The molecule has 0 bridgehead atoms. The zero-order valence-corrected chi connectivity index (χ0v) is 8.63. The summed E-state index contributed by atoms with van der Waals surface area (Å²) in [6.45, 7) is 0. The highest BCUT2D eigenvalue weighted by Gasteiger charge is 2.10. The van der Waals surface area contributed by atoms with Gasteiger partial charge in [0.2, 0.25) is 11.7 Å². The normalized spacial score (nSPS) is 10.4. The van der Waals surface area contributed by atoms with E-state index in [9.17, 15) is 9.18 Å². The lowest BCUT2D eigenvalue weighted by Gasteiger charge is -1.91. The van der Waals surface area contributed by atoms with E-state index in [1.54, 1.807) is 0 Å². The Hall–Kier alpha value is -2.31. The summed E-state index contributed by atoms with van der Waals surface area (Å²) in [5, 5.41) is 12.1. The van der Waals surface area contributed by atoms with E-state index in [2.05, 4.69) is 15.1 Å². The summed E-state index contributed by atoms with van der Waals surface area (Å²) in [5.74, 6) is -0.966. The Morgan fingerprint density at radius 3 is 2.94 bits per heavy atom. The molecule has 0 aliphatic heterocycles. The Balaban J connectivity index is 2.12. The highest BCUT2D eigenvalue weighted by molar-refractivity contribution is 5.66. The quantitative estimate of drug-likeness (QED) is 0.861. The standard InChI is InChI=1S/C10H8FN3O3/c11-6-1-2-7(12-5-6)10-13-8(17-14-10)3-4-9(15)16/h1-2,5H,3-4H2,(H,15,16). The molecule has 0 fully saturated rings. The molecule has 1 N–H and O–H groups in total. The molecule has 0 spiro atoms. The number of carboxylic acids is 1. The summed E-state index contributed by atoms with van der Waals surface area (Å²) < 4.78 is 17.5. The zero-order chi connectivity index (χ0) is 12.3. The Morgan fingerprint density at radius 2 is 2.29 bits per heavy atom. The maximum atomic E-state index is 12.6. The van der Waals surface area contributed by atoms with E-state index < -0.39 is 11.8 Å². The second kappa shape index (κ2) is 4.69. The summed E-state index contributed by atoms with van der Waals surface area (Å²) in [7, 11) is 0. The fourth-order valence-corrected chi connectivity index (χ4v) is 1.18. The Labute approximate surface area is 95.1 Å². The summed E-state index contributed by atoms with van der Waals surface area (Å²) in [4.78, 5) is 18.1. The van der Waals surface area contributed by atoms with E-state index in [4.69, 9.17) is 9.63 Å². The average molecular weight is 237 g/mol. The van der Waals surface area contributed by atoms with Crippen LogP contribution in [-0.4, -0.2) is 26.2 Å². The van der Waals surface area contributed by atoms with Crippen molar-refractivity contribution in [1.82, 2.24) is 15.1 Å². The summed E-state index contributed by atoms with van der Waals surface area (Å²) >= 11 is 0. The third-order valence-corrected chi connectivity index (χ3v) is 1.98. The van der Waals surface area contributed by atoms with Crippen molar-refractivity contribution in [2.45, 2.75) is 12.8 Å². The number of hydrogen-bond donors (Lipinski definition) is 1. The van der Waals surface area contributed by atoms with Crippen molar-refractivity contribution in [2.24, 2.45) is 0 Å². The molecule has 2 aromatic heterocycles. The molecular weight excluding hydrogens is 229 g/mol. The molecule has 17 heavy (non-hydrogen) atoms. The van der Waals surface area contributed by atoms with Crippen LogP contribution in [0.15, 0.2) is 22.9 Å². The lowest BCUT2D eigenvalue weighted by molar-refractivity contribution is -0.137. The maximum absolute atomic E-state index is 12.6.